The summed E-state index contributed by atoms with van der Waals surface area (Å²) in [5.41, 5.74) is 3.29. The minimum absolute atomic E-state index is 0.277. The molecule has 2 aromatic heterocycles. The highest BCUT2D eigenvalue weighted by molar-refractivity contribution is 6.31. The molecule has 0 radical (unpaired) electrons. The van der Waals surface area contributed by atoms with E-state index in [-0.39, 0.29) is 12.6 Å². The van der Waals surface area contributed by atoms with Crippen molar-refractivity contribution in [2.75, 3.05) is 11.9 Å². The van der Waals surface area contributed by atoms with Crippen molar-refractivity contribution in [3.05, 3.63) is 101 Å². The number of ether oxygens (including phenoxy) is 1. The lowest BCUT2D eigenvalue weighted by molar-refractivity contribution is -0.144. The molecule has 1 unspecified atom stereocenters. The molecule has 0 bridgehead atoms. The van der Waals surface area contributed by atoms with Crippen molar-refractivity contribution in [1.29, 1.82) is 0 Å². The fourth-order valence-corrected chi connectivity index (χ4v) is 3.84. The van der Waals surface area contributed by atoms with E-state index in [0.717, 1.165) is 22.6 Å². The van der Waals surface area contributed by atoms with Crippen LogP contribution in [0.15, 0.2) is 77.3 Å². The fourth-order valence-electron chi connectivity index (χ4n) is 3.64. The largest absolute Gasteiger partial charge is 0.466 e. The third kappa shape index (κ3) is 5.83. The van der Waals surface area contributed by atoms with E-state index in [2.05, 4.69) is 10.3 Å². The molecule has 0 spiro atoms. The lowest BCUT2D eigenvalue weighted by atomic mass is 10.1. The standard InChI is InChI=1S/C27H26ClN3O3/c1-3-33-27(32)24(16-21-14-13-18(2)34-21)31-26-23(15-20-11-7-8-12-22(20)28)30-25(17-29-26)19-9-5-4-6-10-19/h4-14,17,24H,3,15-16H2,1-2H3,(H,29,31). The minimum Gasteiger partial charge on any atom is -0.466 e. The summed E-state index contributed by atoms with van der Waals surface area (Å²) >= 11 is 6.44. The highest BCUT2D eigenvalue weighted by Crippen LogP contribution is 2.25. The molecule has 0 aliphatic heterocycles. The van der Waals surface area contributed by atoms with Crippen LogP contribution in [0.1, 0.15) is 29.7 Å². The Kier molecular flexibility index (Phi) is 7.60. The van der Waals surface area contributed by atoms with Gasteiger partial charge in [0, 0.05) is 23.4 Å². The first-order chi connectivity index (χ1) is 16.5. The SMILES string of the molecule is CCOC(=O)C(Cc1ccc(C)o1)Nc1ncc(-c2ccccc2)nc1Cc1ccccc1Cl. The maximum atomic E-state index is 12.8. The van der Waals surface area contributed by atoms with Crippen LogP contribution < -0.4 is 5.32 Å². The number of aryl methyl sites for hydroxylation is 1. The van der Waals surface area contributed by atoms with Crippen LogP contribution in [-0.2, 0) is 22.4 Å². The van der Waals surface area contributed by atoms with E-state index < -0.39 is 6.04 Å². The van der Waals surface area contributed by atoms with E-state index in [0.29, 0.717) is 35.1 Å². The molecule has 6 nitrogen and oxygen atoms in total. The average Bonchev–Trinajstić information content (AvgIpc) is 3.26. The highest BCUT2D eigenvalue weighted by atomic mass is 35.5. The zero-order chi connectivity index (χ0) is 23.9. The van der Waals surface area contributed by atoms with Gasteiger partial charge in [-0.25, -0.2) is 14.8 Å². The first-order valence-electron chi connectivity index (χ1n) is 11.2. The molecule has 4 aromatic rings. The van der Waals surface area contributed by atoms with Gasteiger partial charge in [0.15, 0.2) is 0 Å². The molecule has 1 N–H and O–H groups in total. The van der Waals surface area contributed by atoms with Crippen molar-refractivity contribution < 1.29 is 13.9 Å². The summed E-state index contributed by atoms with van der Waals surface area (Å²) in [6.07, 6.45) is 2.47. The van der Waals surface area contributed by atoms with Crippen LogP contribution in [-0.4, -0.2) is 28.6 Å². The predicted molar refractivity (Wildman–Crippen MR) is 133 cm³/mol. The van der Waals surface area contributed by atoms with E-state index in [1.165, 1.54) is 0 Å². The number of hydrogen-bond donors (Lipinski definition) is 1. The lowest BCUT2D eigenvalue weighted by Crippen LogP contribution is -2.34. The van der Waals surface area contributed by atoms with Gasteiger partial charge in [-0.3, -0.25) is 0 Å². The maximum Gasteiger partial charge on any atom is 0.329 e. The van der Waals surface area contributed by atoms with Gasteiger partial charge in [0.1, 0.15) is 23.4 Å². The van der Waals surface area contributed by atoms with Gasteiger partial charge in [-0.1, -0.05) is 60.1 Å². The Hall–Kier alpha value is -3.64. The Bertz CT molecular complexity index is 1260. The Labute approximate surface area is 204 Å². The number of rotatable bonds is 9. The normalized spacial score (nSPS) is 11.7. The first-order valence-corrected chi connectivity index (χ1v) is 11.5. The fraction of sp³-hybridized carbons (Fsp3) is 0.222. The van der Waals surface area contributed by atoms with Crippen molar-refractivity contribution in [2.24, 2.45) is 0 Å². The molecule has 0 amide bonds. The lowest BCUT2D eigenvalue weighted by Gasteiger charge is -2.19. The summed E-state index contributed by atoms with van der Waals surface area (Å²) in [6.45, 7) is 3.92. The van der Waals surface area contributed by atoms with Crippen LogP contribution in [0.25, 0.3) is 11.3 Å². The highest BCUT2D eigenvalue weighted by Gasteiger charge is 2.24. The number of esters is 1. The van der Waals surface area contributed by atoms with Gasteiger partial charge >= 0.3 is 5.97 Å². The topological polar surface area (TPSA) is 77.2 Å². The van der Waals surface area contributed by atoms with Crippen molar-refractivity contribution in [1.82, 2.24) is 9.97 Å². The molecular formula is C27H26ClN3O3. The number of aromatic nitrogens is 2. The van der Waals surface area contributed by atoms with E-state index >= 15 is 0 Å². The van der Waals surface area contributed by atoms with Crippen molar-refractivity contribution in [3.63, 3.8) is 0 Å². The van der Waals surface area contributed by atoms with Crippen molar-refractivity contribution in [3.8, 4) is 11.3 Å². The molecule has 0 aliphatic carbocycles. The zero-order valence-corrected chi connectivity index (χ0v) is 19.9. The van der Waals surface area contributed by atoms with Crippen LogP contribution in [0, 0.1) is 6.92 Å². The Balaban J connectivity index is 1.70. The Morgan fingerprint density at radius 2 is 1.85 bits per heavy atom. The van der Waals surface area contributed by atoms with Crippen LogP contribution in [0.4, 0.5) is 5.82 Å². The maximum absolute atomic E-state index is 12.8. The third-order valence-electron chi connectivity index (χ3n) is 5.31. The van der Waals surface area contributed by atoms with Crippen LogP contribution >= 0.6 is 11.6 Å². The number of halogens is 1. The molecule has 0 saturated carbocycles. The summed E-state index contributed by atoms with van der Waals surface area (Å²) in [4.78, 5) is 22.3. The van der Waals surface area contributed by atoms with E-state index in [1.807, 2.05) is 73.7 Å². The molecule has 174 valence electrons. The molecule has 1 atom stereocenters. The van der Waals surface area contributed by atoms with Gasteiger partial charge < -0.3 is 14.5 Å². The molecule has 7 heteroatoms. The second-order valence-electron chi connectivity index (χ2n) is 7.85. The molecule has 0 fully saturated rings. The number of carbonyl (C=O) groups excluding carboxylic acids is 1. The summed E-state index contributed by atoms with van der Waals surface area (Å²) in [5.74, 6) is 1.59. The minimum atomic E-state index is -0.688. The van der Waals surface area contributed by atoms with E-state index in [1.54, 1.807) is 13.1 Å². The summed E-state index contributed by atoms with van der Waals surface area (Å²) < 4.78 is 11.0. The average molecular weight is 476 g/mol. The number of benzene rings is 2. The molecule has 4 rings (SSSR count). The van der Waals surface area contributed by atoms with Crippen LogP contribution in [0.5, 0.6) is 0 Å². The second-order valence-corrected chi connectivity index (χ2v) is 8.26. The first kappa shape index (κ1) is 23.5. The third-order valence-corrected chi connectivity index (χ3v) is 5.68. The summed E-state index contributed by atoms with van der Waals surface area (Å²) in [7, 11) is 0. The number of hydrogen-bond acceptors (Lipinski definition) is 6. The van der Waals surface area contributed by atoms with Gasteiger partial charge in [0.25, 0.3) is 0 Å². The molecule has 0 saturated heterocycles. The number of nitrogens with one attached hydrogen (secondary N) is 1. The van der Waals surface area contributed by atoms with Gasteiger partial charge in [-0.2, -0.15) is 0 Å². The Morgan fingerprint density at radius 1 is 1.09 bits per heavy atom. The van der Waals surface area contributed by atoms with Crippen molar-refractivity contribution >= 4 is 23.4 Å². The smallest absolute Gasteiger partial charge is 0.329 e. The molecular weight excluding hydrogens is 450 g/mol. The van der Waals surface area contributed by atoms with E-state index in [4.69, 9.17) is 25.7 Å². The van der Waals surface area contributed by atoms with Crippen molar-refractivity contribution in [2.45, 2.75) is 32.7 Å². The number of anilines is 1. The van der Waals surface area contributed by atoms with Gasteiger partial charge in [-0.05, 0) is 37.6 Å². The monoisotopic (exact) mass is 475 g/mol. The quantitative estimate of drug-likeness (QED) is 0.305. The predicted octanol–water partition coefficient (Wildman–Crippen LogP) is 5.88. The molecule has 2 heterocycles. The summed E-state index contributed by atoms with van der Waals surface area (Å²) in [5, 5.41) is 3.90. The van der Waals surface area contributed by atoms with Gasteiger partial charge in [0.2, 0.25) is 0 Å². The van der Waals surface area contributed by atoms with E-state index in [9.17, 15) is 4.79 Å². The number of carbonyl (C=O) groups is 1. The Morgan fingerprint density at radius 3 is 2.56 bits per heavy atom. The molecule has 0 aliphatic rings. The summed E-state index contributed by atoms with van der Waals surface area (Å²) in [6, 6.07) is 20.5. The number of nitrogens with zero attached hydrogens (tertiary/aromatic N) is 2. The van der Waals surface area contributed by atoms with Gasteiger partial charge in [0.05, 0.1) is 24.2 Å². The second kappa shape index (κ2) is 11.0. The zero-order valence-electron chi connectivity index (χ0n) is 19.1. The van der Waals surface area contributed by atoms with Crippen LogP contribution in [0.3, 0.4) is 0 Å². The van der Waals surface area contributed by atoms with Crippen LogP contribution in [0.2, 0.25) is 5.02 Å². The molecule has 2 aromatic carbocycles. The number of furan rings is 1. The molecule has 34 heavy (non-hydrogen) atoms. The van der Waals surface area contributed by atoms with Gasteiger partial charge in [-0.15, -0.1) is 0 Å².